The summed E-state index contributed by atoms with van der Waals surface area (Å²) in [5, 5.41) is 30.7. The number of primary amides is 1. The van der Waals surface area contributed by atoms with Gasteiger partial charge < -0.3 is 72.2 Å². The summed E-state index contributed by atoms with van der Waals surface area (Å²) in [4.78, 5) is 129. The number of benzene rings is 2. The number of nitrogens with one attached hydrogen (secondary N) is 8. The number of rotatable bonds is 42. The number of methoxy groups -OCH3 is 2. The van der Waals surface area contributed by atoms with Crippen LogP contribution in [0.4, 0.5) is 15.3 Å². The lowest BCUT2D eigenvalue weighted by atomic mass is 9.89. The summed E-state index contributed by atoms with van der Waals surface area (Å²) >= 11 is 3.95. The molecule has 0 aliphatic carbocycles. The number of hydrazine groups is 2. The molecule has 3 heterocycles. The number of hydrogen-bond donors (Lipinski definition) is 10. The molecule has 3 aliphatic rings. The van der Waals surface area contributed by atoms with Crippen LogP contribution in [0.25, 0.3) is 0 Å². The highest BCUT2D eigenvalue weighted by atomic mass is 32.2. The first-order valence-corrected chi connectivity index (χ1v) is 39.4. The molecule has 0 saturated carbocycles. The van der Waals surface area contributed by atoms with Crippen LogP contribution in [0.3, 0.4) is 0 Å². The standard InChI is InChI=1S/C75H123N13O13S2/c1-16-18-19-20-24-30-55-43-102-44-57-59(45-103-55)88(84-83-57)40-27-33-61(89)81-63(46(3)4)71(94)80-56(31-25-38-77-74(76)97)70(93)79-54-36-34-52(35-37-54)42-101-75(98)86(13)65(48(7)8)72(95)82-64(47(5)6)73(96)85(12)66(49(9)17-2)60(99-14)41-62(90)87-39-26-32-58(87)68(100-15)50(10)69(92)78-51(11)67(91)53-28-22-21-23-29-53/h21-23,28-29,34-37,46-51,55-56,58,60,63-68,83-84,91H,16-20,24-27,30-33,38-45H2,1-15H3,(H,78,92)(H,79,93)(H,80,94)(H,81,89)(H,82,95)(H3,76,77,97)/t49-,50+,51+,55?,56-,58-,60+,63-,64-,65-,66-,67+,68+/m0/s1. The molecule has 578 valence electrons. The number of hydrogen-bond acceptors (Lipinski definition) is 18. The van der Waals surface area contributed by atoms with Gasteiger partial charge in [0.05, 0.1) is 60.2 Å². The largest absolute Gasteiger partial charge is 0.445 e. The van der Waals surface area contributed by atoms with Crippen LogP contribution in [0.2, 0.25) is 0 Å². The second-order valence-electron chi connectivity index (χ2n) is 28.9. The number of aliphatic hydroxyl groups excluding tert-OH is 1. The Morgan fingerprint density at radius 2 is 1.44 bits per heavy atom. The van der Waals surface area contributed by atoms with Crippen LogP contribution < -0.4 is 48.6 Å². The van der Waals surface area contributed by atoms with Crippen molar-refractivity contribution in [3.63, 3.8) is 0 Å². The number of likely N-dealkylation sites (N-methyl/N-ethyl adjacent to an activating group) is 2. The molecule has 10 amide bonds. The van der Waals surface area contributed by atoms with E-state index in [4.69, 9.17) is 19.9 Å². The van der Waals surface area contributed by atoms with Crippen molar-refractivity contribution in [1.29, 1.82) is 0 Å². The van der Waals surface area contributed by atoms with Crippen LogP contribution in [-0.4, -0.2) is 203 Å². The molecule has 11 N–H and O–H groups in total. The number of ether oxygens (including phenoxy) is 3. The van der Waals surface area contributed by atoms with E-state index in [2.05, 4.69) is 54.8 Å². The Morgan fingerprint density at radius 1 is 0.748 bits per heavy atom. The van der Waals surface area contributed by atoms with Crippen molar-refractivity contribution in [2.45, 2.75) is 239 Å². The number of carbonyl (C=O) groups excluding carboxylic acids is 9. The molecule has 0 radical (unpaired) electrons. The first kappa shape index (κ1) is 86.8. The third kappa shape index (κ3) is 26.6. The van der Waals surface area contributed by atoms with E-state index in [0.29, 0.717) is 60.8 Å². The molecule has 28 heteroatoms. The molecule has 2 aromatic carbocycles. The van der Waals surface area contributed by atoms with E-state index < -0.39 is 114 Å². The summed E-state index contributed by atoms with van der Waals surface area (Å²) in [7, 11) is 6.13. The van der Waals surface area contributed by atoms with E-state index >= 15 is 0 Å². The highest BCUT2D eigenvalue weighted by Gasteiger charge is 2.44. The van der Waals surface area contributed by atoms with Crippen molar-refractivity contribution in [3.8, 4) is 0 Å². The number of amides is 10. The Labute approximate surface area is 620 Å². The zero-order valence-electron chi connectivity index (χ0n) is 63.8. The Balaban J connectivity index is 1.16. The molecule has 13 atom stereocenters. The molecule has 3 aliphatic heterocycles. The summed E-state index contributed by atoms with van der Waals surface area (Å²) < 4.78 is 17.8. The van der Waals surface area contributed by atoms with E-state index in [1.165, 1.54) is 76.1 Å². The molecule has 0 bridgehead atoms. The predicted molar refractivity (Wildman–Crippen MR) is 405 cm³/mol. The minimum atomic E-state index is -1.08. The molecule has 0 spiro atoms. The maximum atomic E-state index is 14.9. The van der Waals surface area contributed by atoms with Gasteiger partial charge in [-0.25, -0.2) is 9.59 Å². The second-order valence-corrected chi connectivity index (χ2v) is 31.2. The van der Waals surface area contributed by atoms with Crippen molar-refractivity contribution in [2.75, 3.05) is 70.5 Å². The quantitative estimate of drug-likeness (QED) is 0.0280. The van der Waals surface area contributed by atoms with Gasteiger partial charge >= 0.3 is 12.1 Å². The van der Waals surface area contributed by atoms with Gasteiger partial charge in [0.1, 0.15) is 30.8 Å². The number of likely N-dealkylation sites (tertiary alicyclic amines) is 1. The van der Waals surface area contributed by atoms with Crippen molar-refractivity contribution >= 4 is 82.7 Å². The number of unbranched alkanes of at least 4 members (excludes halogenated alkanes) is 4. The Hall–Kier alpha value is -6.85. The summed E-state index contributed by atoms with van der Waals surface area (Å²) in [5.74, 6) is -2.06. The van der Waals surface area contributed by atoms with Crippen LogP contribution in [-0.2, 0) is 54.4 Å². The number of carbonyl (C=O) groups is 9. The lowest BCUT2D eigenvalue weighted by Gasteiger charge is -2.41. The van der Waals surface area contributed by atoms with Crippen molar-refractivity contribution in [2.24, 2.45) is 35.3 Å². The first-order chi connectivity index (χ1) is 49.1. The lowest BCUT2D eigenvalue weighted by molar-refractivity contribution is -0.148. The van der Waals surface area contributed by atoms with Crippen LogP contribution in [0.5, 0.6) is 0 Å². The van der Waals surface area contributed by atoms with Crippen LogP contribution in [0, 0.1) is 29.6 Å². The number of nitrogens with zero attached hydrogens (tertiary/aromatic N) is 4. The molecular formula is C75H123N13O13S2. The van der Waals surface area contributed by atoms with Crippen LogP contribution >= 0.6 is 23.5 Å². The Kier molecular flexibility index (Phi) is 37.2. The molecular weight excluding hydrogens is 1360 g/mol. The summed E-state index contributed by atoms with van der Waals surface area (Å²) in [6.45, 7) is 21.5. The summed E-state index contributed by atoms with van der Waals surface area (Å²) in [6, 6.07) is 9.06. The van der Waals surface area contributed by atoms with Gasteiger partial charge in [0, 0.05) is 82.6 Å². The molecule has 0 aromatic heterocycles. The second kappa shape index (κ2) is 44.2. The fourth-order valence-electron chi connectivity index (χ4n) is 13.7. The average Bonchev–Trinajstić information content (AvgIpc) is 1.79. The van der Waals surface area contributed by atoms with E-state index in [9.17, 15) is 48.3 Å². The van der Waals surface area contributed by atoms with Crippen LogP contribution in [0.1, 0.15) is 183 Å². The van der Waals surface area contributed by atoms with E-state index in [1.54, 1.807) is 80.9 Å². The highest BCUT2D eigenvalue weighted by Crippen LogP contribution is 2.33. The van der Waals surface area contributed by atoms with E-state index in [-0.39, 0.29) is 68.4 Å². The molecule has 5 rings (SSSR count). The van der Waals surface area contributed by atoms with Gasteiger partial charge in [-0.2, -0.15) is 23.5 Å². The van der Waals surface area contributed by atoms with Crippen molar-refractivity contribution < 1.29 is 62.5 Å². The third-order valence-corrected chi connectivity index (χ3v) is 22.6. The average molecular weight is 1480 g/mol. The zero-order valence-corrected chi connectivity index (χ0v) is 65.4. The maximum Gasteiger partial charge on any atom is 0.410 e. The highest BCUT2D eigenvalue weighted by molar-refractivity contribution is 8.03. The smallest absolute Gasteiger partial charge is 0.410 e. The maximum absolute atomic E-state index is 14.9. The topological polar surface area (TPSA) is 337 Å². The van der Waals surface area contributed by atoms with Crippen molar-refractivity contribution in [3.05, 3.63) is 77.1 Å². The normalized spacial score (nSPS) is 18.6. The number of aliphatic hydroxyl groups is 1. The third-order valence-electron chi connectivity index (χ3n) is 20.0. The minimum Gasteiger partial charge on any atom is -0.445 e. The number of urea groups is 1. The number of anilines is 1. The summed E-state index contributed by atoms with van der Waals surface area (Å²) in [6.07, 6.45) is 7.32. The fraction of sp³-hybridized carbons (Fsp3) is 0.693. The molecule has 26 nitrogen and oxygen atoms in total. The van der Waals surface area contributed by atoms with Gasteiger partial charge in [-0.05, 0) is 92.4 Å². The van der Waals surface area contributed by atoms with Crippen molar-refractivity contribution in [1.82, 2.24) is 57.3 Å². The molecule has 1 fully saturated rings. The Morgan fingerprint density at radius 3 is 2.07 bits per heavy atom. The fourth-order valence-corrected chi connectivity index (χ4v) is 16.4. The summed E-state index contributed by atoms with van der Waals surface area (Å²) in [5.41, 5.74) is 15.9. The van der Waals surface area contributed by atoms with E-state index in [0.717, 1.165) is 17.3 Å². The monoisotopic (exact) mass is 1480 g/mol. The predicted octanol–water partition coefficient (Wildman–Crippen LogP) is 8.12. The van der Waals surface area contributed by atoms with Gasteiger partial charge in [-0.3, -0.25) is 43.5 Å². The first-order valence-electron chi connectivity index (χ1n) is 37.2. The molecule has 1 saturated heterocycles. The SMILES string of the molecule is CCCCCCCC1CSCC2=C(CS1)N(CCCC(=O)N[C@H](C(=O)N[C@@H](CCCNC(N)=O)C(=O)Nc1ccc(COC(=O)N(C)[C@H](C(=O)N[C@H](C(=O)N(C)[C@@H]([C@@H](C)CC)[C@@H](CC(=O)N3CCC[C@H]3[C@H](OC)[C@@H](C)C(=O)N[C@H](C)[C@@H](O)c3ccccc3)OC)C(C)C)C(C)C)cc1)C(C)C)NN2. The molecule has 103 heavy (non-hydrogen) atoms. The van der Waals surface area contributed by atoms with Gasteiger partial charge in [0.15, 0.2) is 0 Å². The molecule has 1 unspecified atom stereocenters. The Bertz CT molecular complexity index is 3060. The van der Waals surface area contributed by atoms with E-state index in [1.807, 2.05) is 83.3 Å². The lowest BCUT2D eigenvalue weighted by Crippen LogP contribution is -2.60. The number of nitrogens with two attached hydrogens (primary N) is 1. The minimum absolute atomic E-state index is 0.0844. The van der Waals surface area contributed by atoms with Gasteiger partial charge in [-0.15, -0.1) is 5.53 Å². The van der Waals surface area contributed by atoms with Crippen LogP contribution in [0.15, 0.2) is 66.0 Å². The molecule has 2 aromatic rings. The zero-order chi connectivity index (χ0) is 76.0. The van der Waals surface area contributed by atoms with Gasteiger partial charge in [0.25, 0.3) is 0 Å². The van der Waals surface area contributed by atoms with Gasteiger partial charge in [0.2, 0.25) is 41.4 Å². The number of thioether (sulfide) groups is 2. The van der Waals surface area contributed by atoms with Gasteiger partial charge in [-0.1, -0.05) is 150 Å².